The highest BCUT2D eigenvalue weighted by Gasteiger charge is 2.16. The average Bonchev–Trinajstić information content (AvgIpc) is 2.50. The Morgan fingerprint density at radius 1 is 0.750 bits per heavy atom. The summed E-state index contributed by atoms with van der Waals surface area (Å²) in [4.78, 5) is 43.7. The van der Waals surface area contributed by atoms with Gasteiger partial charge in [-0.25, -0.2) is 0 Å². The summed E-state index contributed by atoms with van der Waals surface area (Å²) in [6, 6.07) is 17.2. The summed E-state index contributed by atoms with van der Waals surface area (Å²) in [5, 5.41) is -2.37. The summed E-state index contributed by atoms with van der Waals surface area (Å²) in [7, 11) is -10.9. The molecule has 0 bridgehead atoms. The molecule has 0 aromatic heterocycles. The molecule has 6 nitrogen and oxygen atoms in total. The molecule has 0 aliphatic heterocycles. The first kappa shape index (κ1) is 19.1. The summed E-state index contributed by atoms with van der Waals surface area (Å²) < 4.78 is 21.8. The van der Waals surface area contributed by atoms with Gasteiger partial charge in [0.15, 0.2) is 0 Å². The molecule has 24 heavy (non-hydrogen) atoms. The van der Waals surface area contributed by atoms with Gasteiger partial charge in [0.2, 0.25) is 0 Å². The third-order valence-corrected chi connectivity index (χ3v) is 7.39. The first-order valence-electron chi connectivity index (χ1n) is 7.36. The van der Waals surface area contributed by atoms with E-state index in [2.05, 4.69) is 0 Å². The van der Waals surface area contributed by atoms with Crippen molar-refractivity contribution in [3.05, 3.63) is 60.2 Å². The molecule has 0 radical (unpaired) electrons. The standard InChI is InChI=1S/C16H20O6P2/c17-23(18,19)16(24(20,21)22)8-4-5-13-9-11-15(12-10-13)14-6-2-1-3-7-14/h1-3,6-7,9-12,16H,4-5,8H2,(H2,17,18,19)(H2,20,21,22)/p-4. The molecule has 0 saturated heterocycles. The van der Waals surface area contributed by atoms with Gasteiger partial charge in [0.05, 0.1) is 0 Å². The maximum Gasteiger partial charge on any atom is 0.0144 e. The molecule has 130 valence electrons. The van der Waals surface area contributed by atoms with E-state index in [0.29, 0.717) is 6.42 Å². The van der Waals surface area contributed by atoms with Gasteiger partial charge in [0, 0.05) is 5.40 Å². The van der Waals surface area contributed by atoms with Crippen molar-refractivity contribution < 1.29 is 28.7 Å². The number of hydrogen-bond donors (Lipinski definition) is 0. The van der Waals surface area contributed by atoms with Crippen LogP contribution in [0.4, 0.5) is 0 Å². The summed E-state index contributed by atoms with van der Waals surface area (Å²) in [5.74, 6) is 0. The number of hydrogen-bond acceptors (Lipinski definition) is 6. The van der Waals surface area contributed by atoms with Gasteiger partial charge in [-0.3, -0.25) is 0 Å². The lowest BCUT2D eigenvalue weighted by Crippen LogP contribution is -2.34. The van der Waals surface area contributed by atoms with Crippen molar-refractivity contribution in [1.29, 1.82) is 0 Å². The minimum absolute atomic E-state index is 0.123. The van der Waals surface area contributed by atoms with E-state index in [1.54, 1.807) is 0 Å². The topological polar surface area (TPSA) is 126 Å². The minimum Gasteiger partial charge on any atom is -0.810 e. The molecule has 0 unspecified atom stereocenters. The average molecular weight is 366 g/mol. The van der Waals surface area contributed by atoms with Crippen molar-refractivity contribution in [1.82, 2.24) is 0 Å². The van der Waals surface area contributed by atoms with Crippen LogP contribution >= 0.6 is 15.2 Å². The lowest BCUT2D eigenvalue weighted by Gasteiger charge is -2.49. The second kappa shape index (κ2) is 7.75. The lowest BCUT2D eigenvalue weighted by molar-refractivity contribution is -0.330. The van der Waals surface area contributed by atoms with E-state index in [0.717, 1.165) is 16.7 Å². The third kappa shape index (κ3) is 5.38. The molecule has 8 heteroatoms. The van der Waals surface area contributed by atoms with Crippen LogP contribution < -0.4 is 19.6 Å². The summed E-state index contributed by atoms with van der Waals surface area (Å²) in [6.07, 6.45) is 0.0266. The normalized spacial score (nSPS) is 12.5. The Kier molecular flexibility index (Phi) is 6.16. The molecular weight excluding hydrogens is 350 g/mol. The zero-order valence-corrected chi connectivity index (χ0v) is 14.5. The van der Waals surface area contributed by atoms with E-state index in [1.165, 1.54) is 0 Å². The Morgan fingerprint density at radius 2 is 1.25 bits per heavy atom. The molecule has 0 saturated carbocycles. The maximum atomic E-state index is 10.9. The summed E-state index contributed by atoms with van der Waals surface area (Å²) in [5.41, 5.74) is 2.94. The van der Waals surface area contributed by atoms with E-state index in [-0.39, 0.29) is 6.42 Å². The number of aryl methyl sites for hydroxylation is 1. The highest BCUT2D eigenvalue weighted by Crippen LogP contribution is 2.52. The maximum absolute atomic E-state index is 10.9. The molecule has 0 heterocycles. The minimum atomic E-state index is -5.45. The Bertz CT molecular complexity index is 726. The van der Waals surface area contributed by atoms with Crippen LogP contribution in [0.3, 0.4) is 0 Å². The van der Waals surface area contributed by atoms with E-state index in [9.17, 15) is 28.7 Å². The van der Waals surface area contributed by atoms with Crippen molar-refractivity contribution in [2.24, 2.45) is 0 Å². The fourth-order valence-electron chi connectivity index (χ4n) is 2.47. The monoisotopic (exact) mass is 366 g/mol. The van der Waals surface area contributed by atoms with Crippen LogP contribution in [0.15, 0.2) is 54.6 Å². The molecule has 2 aromatic carbocycles. The Hall–Kier alpha value is -1.26. The Labute approximate surface area is 140 Å². The third-order valence-electron chi connectivity index (χ3n) is 3.72. The van der Waals surface area contributed by atoms with Gasteiger partial charge in [0.25, 0.3) is 0 Å². The molecule has 2 rings (SSSR count). The molecule has 0 aliphatic rings. The largest absolute Gasteiger partial charge is 0.810 e. The first-order chi connectivity index (χ1) is 11.2. The van der Waals surface area contributed by atoms with Gasteiger partial charge in [-0.1, -0.05) is 69.8 Å². The molecule has 0 N–H and O–H groups in total. The van der Waals surface area contributed by atoms with Gasteiger partial charge in [-0.15, -0.1) is 0 Å². The van der Waals surface area contributed by atoms with Crippen LogP contribution in [0.2, 0.25) is 0 Å². The molecule has 0 amide bonds. The van der Waals surface area contributed by atoms with Crippen LogP contribution in [0.5, 0.6) is 0 Å². The summed E-state index contributed by atoms with van der Waals surface area (Å²) in [6.45, 7) is 0. The van der Waals surface area contributed by atoms with Crippen molar-refractivity contribution in [2.75, 3.05) is 0 Å². The summed E-state index contributed by atoms with van der Waals surface area (Å²) >= 11 is 0. The van der Waals surface area contributed by atoms with E-state index in [4.69, 9.17) is 0 Å². The van der Waals surface area contributed by atoms with Crippen LogP contribution in [0.25, 0.3) is 11.1 Å². The first-order valence-corrected chi connectivity index (χ1v) is 10.6. The van der Waals surface area contributed by atoms with Crippen molar-refractivity contribution >= 4 is 15.2 Å². The molecular formula is C16H16O6P2-4. The highest BCUT2D eigenvalue weighted by atomic mass is 31.2. The predicted octanol–water partition coefficient (Wildman–Crippen LogP) is 0.830. The van der Waals surface area contributed by atoms with Gasteiger partial charge >= 0.3 is 0 Å². The van der Waals surface area contributed by atoms with Crippen LogP contribution in [-0.2, 0) is 15.6 Å². The van der Waals surface area contributed by atoms with Crippen molar-refractivity contribution in [3.8, 4) is 11.1 Å². The molecule has 0 spiro atoms. The van der Waals surface area contributed by atoms with E-state index < -0.39 is 27.0 Å². The van der Waals surface area contributed by atoms with Gasteiger partial charge in [-0.2, -0.15) is 0 Å². The molecule has 0 fully saturated rings. The van der Waals surface area contributed by atoms with Gasteiger partial charge in [0.1, 0.15) is 0 Å². The SMILES string of the molecule is O=P([O-])([O-])C(CCCc1ccc(-c2ccccc2)cc1)P(=O)([O-])[O-]. The number of rotatable bonds is 7. The highest BCUT2D eigenvalue weighted by molar-refractivity contribution is 7.68. The molecule has 0 atom stereocenters. The van der Waals surface area contributed by atoms with Crippen molar-refractivity contribution in [3.63, 3.8) is 0 Å². The zero-order valence-electron chi connectivity index (χ0n) is 12.7. The van der Waals surface area contributed by atoms with Gasteiger partial charge < -0.3 is 28.7 Å². The second-order valence-electron chi connectivity index (χ2n) is 5.52. The second-order valence-corrected chi connectivity index (χ2v) is 9.33. The Balaban J connectivity index is 1.98. The van der Waals surface area contributed by atoms with Crippen LogP contribution in [0, 0.1) is 0 Å². The lowest BCUT2D eigenvalue weighted by atomic mass is 10.0. The molecule has 2 aromatic rings. The van der Waals surface area contributed by atoms with E-state index >= 15 is 0 Å². The zero-order chi connectivity index (χ0) is 17.8. The predicted molar refractivity (Wildman–Crippen MR) is 83.8 cm³/mol. The van der Waals surface area contributed by atoms with Crippen molar-refractivity contribution in [2.45, 2.75) is 24.7 Å². The fourth-order valence-corrected chi connectivity index (χ4v) is 4.86. The van der Waals surface area contributed by atoms with Crippen LogP contribution in [-0.4, -0.2) is 5.40 Å². The fraction of sp³-hybridized carbons (Fsp3) is 0.250. The quantitative estimate of drug-likeness (QED) is 0.668. The molecule has 0 aliphatic carbocycles. The van der Waals surface area contributed by atoms with Gasteiger partial charge in [-0.05, 0) is 36.0 Å². The number of benzene rings is 2. The van der Waals surface area contributed by atoms with E-state index in [1.807, 2.05) is 54.6 Å². The van der Waals surface area contributed by atoms with Crippen LogP contribution in [0.1, 0.15) is 18.4 Å². The Morgan fingerprint density at radius 3 is 1.75 bits per heavy atom. The smallest absolute Gasteiger partial charge is 0.0144 e.